The Hall–Kier alpha value is -0.640. The standard InChI is InChI=1S/C19H26FN2.2ClH/c1-21-11-17-15-4-3-9-22(2)19(15)10-16(18(17)12-21)13-5-7-14(20)8-6-13;;/h5-8,15-18H,3-4,9-12H2,1-2H3;2*1H/q+1;;/p-1. The highest BCUT2D eigenvalue weighted by atomic mass is 35.5. The van der Waals surface area contributed by atoms with Crippen LogP contribution in [0.25, 0.3) is 0 Å². The fourth-order valence-electron chi connectivity index (χ4n) is 5.28. The van der Waals surface area contributed by atoms with Crippen LogP contribution in [0.1, 0.15) is 30.7 Å². The largest absolute Gasteiger partial charge is 1.00 e. The summed E-state index contributed by atoms with van der Waals surface area (Å²) >= 11 is 0. The van der Waals surface area contributed by atoms with Crippen molar-refractivity contribution in [3.8, 4) is 0 Å². The van der Waals surface area contributed by atoms with Gasteiger partial charge in [0.25, 0.3) is 0 Å². The highest BCUT2D eigenvalue weighted by Gasteiger charge is 2.50. The van der Waals surface area contributed by atoms with Gasteiger partial charge < -0.3 is 17.3 Å². The van der Waals surface area contributed by atoms with Gasteiger partial charge in [0, 0.05) is 31.8 Å². The van der Waals surface area contributed by atoms with Gasteiger partial charge >= 0.3 is 0 Å². The summed E-state index contributed by atoms with van der Waals surface area (Å²) in [7, 11) is 4.52. The third-order valence-electron chi connectivity index (χ3n) is 6.28. The van der Waals surface area contributed by atoms with Gasteiger partial charge in [0.15, 0.2) is 5.71 Å². The summed E-state index contributed by atoms with van der Waals surface area (Å²) in [6.07, 6.45) is 3.87. The average molecular weight is 373 g/mol. The summed E-state index contributed by atoms with van der Waals surface area (Å²) in [5.41, 5.74) is 2.99. The molecule has 0 aromatic heterocycles. The van der Waals surface area contributed by atoms with Gasteiger partial charge in [-0.3, -0.25) is 0 Å². The number of hydrogen-bond donors (Lipinski definition) is 0. The second-order valence-corrected chi connectivity index (χ2v) is 7.57. The number of likely N-dealkylation sites (tertiary alicyclic amines) is 1. The minimum absolute atomic E-state index is 0. The fraction of sp³-hybridized carbons (Fsp3) is 0.632. The number of hydrogen-bond acceptors (Lipinski definition) is 1. The summed E-state index contributed by atoms with van der Waals surface area (Å²) in [6.45, 7) is 3.62. The molecule has 1 saturated heterocycles. The highest BCUT2D eigenvalue weighted by Crippen LogP contribution is 2.48. The Bertz CT molecular complexity index is 602. The van der Waals surface area contributed by atoms with Gasteiger partial charge in [0.05, 0.1) is 0 Å². The molecule has 0 radical (unpaired) electrons. The molecule has 0 N–H and O–H groups in total. The minimum Gasteiger partial charge on any atom is -1.00 e. The summed E-state index contributed by atoms with van der Waals surface area (Å²) in [6, 6.07) is 7.28. The van der Waals surface area contributed by atoms with E-state index in [1.54, 1.807) is 17.8 Å². The van der Waals surface area contributed by atoms with E-state index in [-0.39, 0.29) is 30.6 Å². The molecule has 2 nitrogen and oxygen atoms in total. The zero-order valence-corrected chi connectivity index (χ0v) is 16.0. The van der Waals surface area contributed by atoms with E-state index in [1.807, 2.05) is 12.1 Å². The van der Waals surface area contributed by atoms with Crippen LogP contribution in [-0.4, -0.2) is 48.9 Å². The van der Waals surface area contributed by atoms with E-state index in [4.69, 9.17) is 0 Å². The number of nitrogens with zero attached hydrogens (tertiary/aromatic N) is 2. The van der Waals surface area contributed by atoms with E-state index in [0.717, 1.165) is 17.8 Å². The van der Waals surface area contributed by atoms with Crippen LogP contribution in [-0.2, 0) is 0 Å². The van der Waals surface area contributed by atoms with Gasteiger partial charge in [-0.05, 0) is 48.9 Å². The van der Waals surface area contributed by atoms with Crippen molar-refractivity contribution < 1.29 is 21.4 Å². The van der Waals surface area contributed by atoms with Gasteiger partial charge in [0.1, 0.15) is 19.4 Å². The van der Waals surface area contributed by atoms with Gasteiger partial charge in [-0.1, -0.05) is 12.1 Å². The average Bonchev–Trinajstić information content (AvgIpc) is 2.90. The topological polar surface area (TPSA) is 6.25 Å². The number of benzene rings is 1. The summed E-state index contributed by atoms with van der Waals surface area (Å²) < 4.78 is 15.8. The van der Waals surface area contributed by atoms with Crippen LogP contribution in [0, 0.1) is 23.6 Å². The van der Waals surface area contributed by atoms with Gasteiger partial charge in [-0.15, -0.1) is 12.4 Å². The molecule has 0 bridgehead atoms. The number of fused-ring (bicyclic) bond motifs is 3. The van der Waals surface area contributed by atoms with Crippen LogP contribution in [0.2, 0.25) is 0 Å². The molecule has 4 unspecified atom stereocenters. The van der Waals surface area contributed by atoms with Crippen molar-refractivity contribution in [2.24, 2.45) is 17.8 Å². The first-order valence-electron chi connectivity index (χ1n) is 8.64. The Morgan fingerprint density at radius 1 is 1.08 bits per heavy atom. The van der Waals surface area contributed by atoms with Crippen molar-refractivity contribution in [1.82, 2.24) is 4.90 Å². The normalized spacial score (nSPS) is 32.5. The van der Waals surface area contributed by atoms with Crippen molar-refractivity contribution in [2.75, 3.05) is 33.7 Å². The van der Waals surface area contributed by atoms with Crippen LogP contribution >= 0.6 is 12.4 Å². The lowest BCUT2D eigenvalue weighted by Crippen LogP contribution is -3.00. The lowest BCUT2D eigenvalue weighted by Gasteiger charge is -2.40. The van der Waals surface area contributed by atoms with Crippen molar-refractivity contribution in [1.29, 1.82) is 0 Å². The molecular formula is C19H27Cl2FN2. The lowest BCUT2D eigenvalue weighted by molar-refractivity contribution is -0.507. The molecule has 5 heteroatoms. The van der Waals surface area contributed by atoms with Crippen molar-refractivity contribution in [3.05, 3.63) is 35.6 Å². The molecule has 2 fully saturated rings. The SMILES string of the molecule is CN1CC2C3CCC[N+](C)=C3CC(c3ccc(F)cc3)C2C1.Cl.[Cl-]. The van der Waals surface area contributed by atoms with E-state index in [2.05, 4.69) is 23.6 Å². The molecule has 1 aromatic rings. The lowest BCUT2D eigenvalue weighted by atomic mass is 9.63. The molecule has 1 aromatic carbocycles. The third-order valence-corrected chi connectivity index (χ3v) is 6.28. The van der Waals surface area contributed by atoms with Gasteiger partial charge in [0.2, 0.25) is 0 Å². The quantitative estimate of drug-likeness (QED) is 0.647. The molecule has 0 spiro atoms. The molecule has 4 atom stereocenters. The van der Waals surface area contributed by atoms with E-state index in [9.17, 15) is 4.39 Å². The van der Waals surface area contributed by atoms with E-state index in [0.29, 0.717) is 5.92 Å². The summed E-state index contributed by atoms with van der Waals surface area (Å²) in [5.74, 6) is 2.73. The van der Waals surface area contributed by atoms with E-state index < -0.39 is 0 Å². The zero-order chi connectivity index (χ0) is 15.3. The molecule has 4 rings (SSSR count). The Morgan fingerprint density at radius 2 is 1.71 bits per heavy atom. The van der Waals surface area contributed by atoms with E-state index >= 15 is 0 Å². The maximum absolute atomic E-state index is 13.3. The Morgan fingerprint density at radius 3 is 2.38 bits per heavy atom. The Labute approximate surface area is 156 Å². The third kappa shape index (κ3) is 3.36. The highest BCUT2D eigenvalue weighted by molar-refractivity contribution is 5.85. The van der Waals surface area contributed by atoms with Crippen molar-refractivity contribution >= 4 is 18.1 Å². The molecule has 2 heterocycles. The Kier molecular flexibility index (Phi) is 6.33. The van der Waals surface area contributed by atoms with Crippen LogP contribution in [0.5, 0.6) is 0 Å². The molecule has 0 amide bonds. The van der Waals surface area contributed by atoms with E-state index in [1.165, 1.54) is 44.5 Å². The molecule has 1 saturated carbocycles. The molecule has 2 aliphatic heterocycles. The molecule has 1 aliphatic carbocycles. The van der Waals surface area contributed by atoms with Gasteiger partial charge in [-0.25, -0.2) is 8.97 Å². The second kappa shape index (κ2) is 7.72. The first-order chi connectivity index (χ1) is 10.6. The predicted molar refractivity (Wildman–Crippen MR) is 94.3 cm³/mol. The molecular weight excluding hydrogens is 346 g/mol. The first-order valence-corrected chi connectivity index (χ1v) is 8.64. The monoisotopic (exact) mass is 372 g/mol. The van der Waals surface area contributed by atoms with Crippen LogP contribution in [0.4, 0.5) is 4.39 Å². The minimum atomic E-state index is -0.125. The van der Waals surface area contributed by atoms with Crippen LogP contribution in [0.15, 0.2) is 24.3 Å². The molecule has 134 valence electrons. The Balaban J connectivity index is 0.00000104. The number of rotatable bonds is 1. The molecule has 3 aliphatic rings. The van der Waals surface area contributed by atoms with Gasteiger partial charge in [-0.2, -0.15) is 0 Å². The van der Waals surface area contributed by atoms with Crippen LogP contribution < -0.4 is 12.4 Å². The first kappa shape index (κ1) is 19.7. The molecule has 24 heavy (non-hydrogen) atoms. The predicted octanol–water partition coefficient (Wildman–Crippen LogP) is 0.410. The van der Waals surface area contributed by atoms with Crippen molar-refractivity contribution in [3.63, 3.8) is 0 Å². The summed E-state index contributed by atoms with van der Waals surface area (Å²) in [4.78, 5) is 2.50. The maximum Gasteiger partial charge on any atom is 0.156 e. The summed E-state index contributed by atoms with van der Waals surface area (Å²) in [5, 5.41) is 0. The number of halogens is 3. The smallest absolute Gasteiger partial charge is 0.156 e. The second-order valence-electron chi connectivity index (χ2n) is 7.57. The zero-order valence-electron chi connectivity index (χ0n) is 14.4. The van der Waals surface area contributed by atoms with Crippen molar-refractivity contribution in [2.45, 2.75) is 25.2 Å². The fourth-order valence-corrected chi connectivity index (χ4v) is 5.28. The maximum atomic E-state index is 13.3. The van der Waals surface area contributed by atoms with Crippen LogP contribution in [0.3, 0.4) is 0 Å².